The third-order valence-electron chi connectivity index (χ3n) is 4.47. The molecule has 0 saturated carbocycles. The highest BCUT2D eigenvalue weighted by atomic mass is 32.2. The fraction of sp³-hybridized carbons (Fsp3) is 0.100. The highest BCUT2D eigenvalue weighted by molar-refractivity contribution is 7.89. The van der Waals surface area contributed by atoms with E-state index >= 15 is 0 Å². The number of pyridine rings is 1. The second-order valence-corrected chi connectivity index (χ2v) is 9.71. The Kier molecular flexibility index (Phi) is 4.41. The summed E-state index contributed by atoms with van der Waals surface area (Å²) < 4.78 is 27.0. The number of benzene rings is 2. The molecule has 0 aliphatic carbocycles. The van der Waals surface area contributed by atoms with Gasteiger partial charge < -0.3 is 5.11 Å². The van der Waals surface area contributed by atoms with Crippen molar-refractivity contribution in [3.63, 3.8) is 0 Å². The van der Waals surface area contributed by atoms with Crippen LogP contribution in [0.4, 0.5) is 0 Å². The minimum atomic E-state index is -3.68. The van der Waals surface area contributed by atoms with Gasteiger partial charge in [-0.05, 0) is 41.8 Å². The molecule has 1 N–H and O–H groups in total. The van der Waals surface area contributed by atoms with E-state index in [1.807, 2.05) is 30.3 Å². The first-order valence-electron chi connectivity index (χ1n) is 8.37. The first-order valence-corrected chi connectivity index (χ1v) is 10.6. The number of aromatic nitrogens is 1. The maximum Gasteiger partial charge on any atom is 0.336 e. The van der Waals surface area contributed by atoms with Gasteiger partial charge in [-0.3, -0.25) is 0 Å². The molecule has 0 spiro atoms. The van der Waals surface area contributed by atoms with Crippen molar-refractivity contribution in [2.45, 2.75) is 4.90 Å². The molecule has 2 aromatic heterocycles. The molecule has 4 aromatic rings. The van der Waals surface area contributed by atoms with Gasteiger partial charge in [0, 0.05) is 24.2 Å². The molecule has 0 atom stereocenters. The number of hydrogen-bond acceptors (Lipinski definition) is 5. The van der Waals surface area contributed by atoms with Gasteiger partial charge in [0.2, 0.25) is 10.0 Å². The van der Waals surface area contributed by atoms with Crippen LogP contribution in [0, 0.1) is 0 Å². The standard InChI is InChI=1S/C20H16N2O4S2/c1-22(2)28(25,26)13-7-8-16-14(10-13)15(20(23)24)11-17(21-16)19-9-12-5-3-4-6-18(12)27-19/h3-11H,1-2H3,(H,23,24). The van der Waals surface area contributed by atoms with Crippen molar-refractivity contribution in [1.29, 1.82) is 0 Å². The summed E-state index contributed by atoms with van der Waals surface area (Å²) in [5.41, 5.74) is 1.01. The Labute approximate surface area is 165 Å². The van der Waals surface area contributed by atoms with Crippen LogP contribution in [0.1, 0.15) is 10.4 Å². The molecule has 0 amide bonds. The van der Waals surface area contributed by atoms with Crippen molar-refractivity contribution in [2.24, 2.45) is 0 Å². The van der Waals surface area contributed by atoms with Gasteiger partial charge in [-0.2, -0.15) is 0 Å². The fourth-order valence-electron chi connectivity index (χ4n) is 2.99. The third-order valence-corrected chi connectivity index (χ3v) is 7.42. The Morgan fingerprint density at radius 1 is 1.07 bits per heavy atom. The molecule has 0 saturated heterocycles. The molecule has 0 bridgehead atoms. The summed E-state index contributed by atoms with van der Waals surface area (Å²) in [7, 11) is -0.814. The van der Waals surface area contributed by atoms with Crippen LogP contribution in [0.15, 0.2) is 59.5 Å². The number of carbonyl (C=O) groups is 1. The summed E-state index contributed by atoms with van der Waals surface area (Å²) in [6.07, 6.45) is 0. The van der Waals surface area contributed by atoms with Gasteiger partial charge in [0.05, 0.1) is 26.5 Å². The Balaban J connectivity index is 1.95. The molecule has 28 heavy (non-hydrogen) atoms. The molecule has 8 heteroatoms. The molecule has 2 heterocycles. The average molecular weight is 412 g/mol. The zero-order valence-electron chi connectivity index (χ0n) is 15.1. The normalized spacial score (nSPS) is 12.1. The van der Waals surface area contributed by atoms with Crippen LogP contribution >= 0.6 is 11.3 Å². The topological polar surface area (TPSA) is 87.6 Å². The summed E-state index contributed by atoms with van der Waals surface area (Å²) in [4.78, 5) is 17.4. The van der Waals surface area contributed by atoms with E-state index in [1.54, 1.807) is 6.07 Å². The van der Waals surface area contributed by atoms with E-state index in [0.29, 0.717) is 16.6 Å². The molecular weight excluding hydrogens is 396 g/mol. The van der Waals surface area contributed by atoms with E-state index in [4.69, 9.17) is 0 Å². The number of sulfonamides is 1. The SMILES string of the molecule is CN(C)S(=O)(=O)c1ccc2nc(-c3cc4ccccc4s3)cc(C(=O)O)c2c1. The van der Waals surface area contributed by atoms with Crippen molar-refractivity contribution in [3.8, 4) is 10.6 Å². The summed E-state index contributed by atoms with van der Waals surface area (Å²) in [5.74, 6) is -1.13. The predicted molar refractivity (Wildman–Crippen MR) is 110 cm³/mol. The molecule has 0 unspecified atom stereocenters. The van der Waals surface area contributed by atoms with Crippen LogP contribution in [-0.2, 0) is 10.0 Å². The first kappa shape index (κ1) is 18.5. The summed E-state index contributed by atoms with van der Waals surface area (Å²) in [6.45, 7) is 0. The van der Waals surface area contributed by atoms with Crippen molar-refractivity contribution < 1.29 is 18.3 Å². The van der Waals surface area contributed by atoms with Crippen LogP contribution in [0.2, 0.25) is 0 Å². The molecule has 4 rings (SSSR count). The van der Waals surface area contributed by atoms with Gasteiger partial charge in [-0.25, -0.2) is 22.5 Å². The molecule has 142 valence electrons. The number of carboxylic acid groups (broad SMARTS) is 1. The van der Waals surface area contributed by atoms with E-state index < -0.39 is 16.0 Å². The Bertz CT molecular complexity index is 1310. The van der Waals surface area contributed by atoms with E-state index in [2.05, 4.69) is 4.98 Å². The Morgan fingerprint density at radius 3 is 2.50 bits per heavy atom. The average Bonchev–Trinajstić information content (AvgIpc) is 3.10. The van der Waals surface area contributed by atoms with E-state index in [1.165, 1.54) is 43.6 Å². The zero-order valence-corrected chi connectivity index (χ0v) is 16.7. The molecule has 0 radical (unpaired) electrons. The molecule has 0 fully saturated rings. The van der Waals surface area contributed by atoms with Crippen LogP contribution in [0.25, 0.3) is 31.6 Å². The predicted octanol–water partition coefficient (Wildman–Crippen LogP) is 4.07. The molecule has 0 aliphatic heterocycles. The minimum absolute atomic E-state index is 0.0215. The molecule has 2 aromatic carbocycles. The van der Waals surface area contributed by atoms with E-state index in [9.17, 15) is 18.3 Å². The van der Waals surface area contributed by atoms with Crippen molar-refractivity contribution >= 4 is 48.3 Å². The quantitative estimate of drug-likeness (QED) is 0.546. The maximum absolute atomic E-state index is 12.4. The number of aromatic carboxylic acids is 1. The Morgan fingerprint density at radius 2 is 1.82 bits per heavy atom. The summed E-state index contributed by atoms with van der Waals surface area (Å²) >= 11 is 1.53. The van der Waals surface area contributed by atoms with Gasteiger partial charge >= 0.3 is 5.97 Å². The number of hydrogen-bond donors (Lipinski definition) is 1. The second kappa shape index (κ2) is 6.66. The number of rotatable bonds is 4. The maximum atomic E-state index is 12.4. The van der Waals surface area contributed by atoms with Gasteiger partial charge in [0.25, 0.3) is 0 Å². The largest absolute Gasteiger partial charge is 0.478 e. The lowest BCUT2D eigenvalue weighted by atomic mass is 10.1. The van der Waals surface area contributed by atoms with Crippen LogP contribution in [0.3, 0.4) is 0 Å². The van der Waals surface area contributed by atoms with Crippen LogP contribution in [0.5, 0.6) is 0 Å². The minimum Gasteiger partial charge on any atom is -0.478 e. The Hall–Kier alpha value is -2.81. The highest BCUT2D eigenvalue weighted by Crippen LogP contribution is 2.34. The summed E-state index contributed by atoms with van der Waals surface area (Å²) in [5, 5.41) is 11.1. The van der Waals surface area contributed by atoms with Crippen LogP contribution < -0.4 is 0 Å². The molecular formula is C20H16N2O4S2. The smallest absolute Gasteiger partial charge is 0.336 e. The lowest BCUT2D eigenvalue weighted by Crippen LogP contribution is -2.22. The van der Waals surface area contributed by atoms with E-state index in [-0.39, 0.29) is 10.5 Å². The lowest BCUT2D eigenvalue weighted by molar-refractivity contribution is 0.0699. The van der Waals surface area contributed by atoms with Crippen molar-refractivity contribution in [2.75, 3.05) is 14.1 Å². The monoisotopic (exact) mass is 412 g/mol. The first-order chi connectivity index (χ1) is 13.3. The number of nitrogens with zero attached hydrogens (tertiary/aromatic N) is 2. The molecule has 0 aliphatic rings. The fourth-order valence-corrected chi connectivity index (χ4v) is 4.94. The third kappa shape index (κ3) is 3.05. The summed E-state index contributed by atoms with van der Waals surface area (Å²) in [6, 6.07) is 15.7. The van der Waals surface area contributed by atoms with Crippen LogP contribution in [-0.4, -0.2) is 42.9 Å². The molecule has 6 nitrogen and oxygen atoms in total. The van der Waals surface area contributed by atoms with Crippen molar-refractivity contribution in [1.82, 2.24) is 9.29 Å². The lowest BCUT2D eigenvalue weighted by Gasteiger charge is -2.13. The van der Waals surface area contributed by atoms with Gasteiger partial charge in [-0.1, -0.05) is 18.2 Å². The number of fused-ring (bicyclic) bond motifs is 2. The van der Waals surface area contributed by atoms with Gasteiger partial charge in [0.1, 0.15) is 0 Å². The highest BCUT2D eigenvalue weighted by Gasteiger charge is 2.20. The van der Waals surface area contributed by atoms with Gasteiger partial charge in [-0.15, -0.1) is 11.3 Å². The number of thiophene rings is 1. The zero-order chi connectivity index (χ0) is 20.1. The van der Waals surface area contributed by atoms with Crippen molar-refractivity contribution in [3.05, 3.63) is 60.2 Å². The number of carboxylic acids is 1. The van der Waals surface area contributed by atoms with Gasteiger partial charge in [0.15, 0.2) is 0 Å². The second-order valence-electron chi connectivity index (χ2n) is 6.48. The van der Waals surface area contributed by atoms with E-state index in [0.717, 1.165) is 19.3 Å².